The van der Waals surface area contributed by atoms with Crippen LogP contribution in [0.5, 0.6) is 0 Å². The van der Waals surface area contributed by atoms with Crippen LogP contribution in [0.2, 0.25) is 0 Å². The van der Waals surface area contributed by atoms with E-state index in [9.17, 15) is 5.26 Å². The predicted octanol–water partition coefficient (Wildman–Crippen LogP) is 12.1. The Balaban J connectivity index is 1.05. The third kappa shape index (κ3) is 5.30. The van der Waals surface area contributed by atoms with Gasteiger partial charge in [-0.15, -0.1) is 0 Å². The third-order valence-corrected chi connectivity index (χ3v) is 10.3. The summed E-state index contributed by atoms with van der Waals surface area (Å²) in [6, 6.07) is 59.7. The van der Waals surface area contributed by atoms with Crippen LogP contribution in [-0.4, -0.2) is 9.97 Å². The number of hydrogen-bond acceptors (Lipinski definition) is 3. The summed E-state index contributed by atoms with van der Waals surface area (Å²) in [7, 11) is 0. The van der Waals surface area contributed by atoms with Crippen LogP contribution in [-0.2, 0) is 5.41 Å². The van der Waals surface area contributed by atoms with Gasteiger partial charge in [-0.05, 0) is 79.5 Å². The number of aromatic nitrogens is 2. The standard InChI is InChI=1S/C48H33N3/c1-48(2)42-14-8-13-40(46(42)41-26-15-31(30-49)27-43(41)48)35-21-16-33(17-22-35)34-18-23-37(24-19-34)47-50-44(36-10-4-3-5-11-36)29-45(51-47)39-25-20-32-9-6-7-12-38(32)28-39/h3-29H,1-2H3. The van der Waals surface area contributed by atoms with Crippen LogP contribution in [0.25, 0.3) is 78.1 Å². The molecule has 0 spiro atoms. The molecule has 0 aliphatic heterocycles. The molecule has 0 fully saturated rings. The Hall–Kier alpha value is -6.63. The highest BCUT2D eigenvalue weighted by Gasteiger charge is 2.37. The Morgan fingerprint density at radius 1 is 0.451 bits per heavy atom. The lowest BCUT2D eigenvalue weighted by Gasteiger charge is -2.21. The summed E-state index contributed by atoms with van der Waals surface area (Å²) in [5.41, 5.74) is 15.1. The summed E-state index contributed by atoms with van der Waals surface area (Å²) in [5, 5.41) is 12.0. The molecule has 7 aromatic carbocycles. The van der Waals surface area contributed by atoms with Gasteiger partial charge in [0.05, 0.1) is 23.0 Å². The smallest absolute Gasteiger partial charge is 0.160 e. The molecule has 51 heavy (non-hydrogen) atoms. The van der Waals surface area contributed by atoms with Crippen molar-refractivity contribution in [1.29, 1.82) is 5.26 Å². The van der Waals surface area contributed by atoms with Crippen molar-refractivity contribution in [3.05, 3.63) is 180 Å². The van der Waals surface area contributed by atoms with E-state index in [0.29, 0.717) is 11.4 Å². The minimum atomic E-state index is -0.171. The summed E-state index contributed by atoms with van der Waals surface area (Å²) in [6.45, 7) is 4.51. The minimum Gasteiger partial charge on any atom is -0.228 e. The summed E-state index contributed by atoms with van der Waals surface area (Å²) in [6.07, 6.45) is 0. The van der Waals surface area contributed by atoms with E-state index in [1.807, 2.05) is 24.3 Å². The fourth-order valence-electron chi connectivity index (χ4n) is 7.58. The zero-order chi connectivity index (χ0) is 34.5. The second-order valence-corrected chi connectivity index (χ2v) is 13.8. The summed E-state index contributed by atoms with van der Waals surface area (Å²) >= 11 is 0. The molecule has 9 rings (SSSR count). The zero-order valence-electron chi connectivity index (χ0n) is 28.4. The molecule has 0 saturated carbocycles. The van der Waals surface area contributed by atoms with E-state index < -0.39 is 0 Å². The average molecular weight is 652 g/mol. The van der Waals surface area contributed by atoms with Crippen LogP contribution in [0, 0.1) is 11.3 Å². The zero-order valence-corrected chi connectivity index (χ0v) is 28.4. The number of nitriles is 1. The molecule has 0 amide bonds. The van der Waals surface area contributed by atoms with Crippen LogP contribution < -0.4 is 0 Å². The molecule has 0 radical (unpaired) electrons. The Kier molecular flexibility index (Phi) is 7.19. The van der Waals surface area contributed by atoms with Gasteiger partial charge < -0.3 is 0 Å². The molecule has 0 unspecified atom stereocenters. The monoisotopic (exact) mass is 651 g/mol. The first kappa shape index (κ1) is 30.4. The van der Waals surface area contributed by atoms with Gasteiger partial charge in [0.25, 0.3) is 0 Å². The molecule has 1 aliphatic rings. The highest BCUT2D eigenvalue weighted by Crippen LogP contribution is 2.52. The second kappa shape index (κ2) is 12.1. The van der Waals surface area contributed by atoms with Gasteiger partial charge >= 0.3 is 0 Å². The largest absolute Gasteiger partial charge is 0.228 e. The molecule has 1 heterocycles. The van der Waals surface area contributed by atoms with Crippen molar-refractivity contribution >= 4 is 10.8 Å². The summed E-state index contributed by atoms with van der Waals surface area (Å²) in [5.74, 6) is 0.699. The SMILES string of the molecule is CC1(C)c2cc(C#N)ccc2-c2c(-c3ccc(-c4ccc(-c5nc(-c6ccccc6)cc(-c6ccc7ccccc7c6)n5)cc4)cc3)cccc21. The maximum Gasteiger partial charge on any atom is 0.160 e. The number of hydrogen-bond donors (Lipinski definition) is 0. The molecule has 240 valence electrons. The van der Waals surface area contributed by atoms with E-state index in [4.69, 9.17) is 9.97 Å². The van der Waals surface area contributed by atoms with Crippen molar-refractivity contribution < 1.29 is 0 Å². The van der Waals surface area contributed by atoms with Crippen molar-refractivity contribution in [3.8, 4) is 73.4 Å². The highest BCUT2D eigenvalue weighted by molar-refractivity contribution is 5.93. The molecule has 8 aromatic rings. The summed E-state index contributed by atoms with van der Waals surface area (Å²) < 4.78 is 0. The molecule has 0 saturated heterocycles. The van der Waals surface area contributed by atoms with Crippen molar-refractivity contribution in [2.45, 2.75) is 19.3 Å². The lowest BCUT2D eigenvalue weighted by atomic mass is 9.81. The van der Waals surface area contributed by atoms with Crippen molar-refractivity contribution in [3.63, 3.8) is 0 Å². The first-order chi connectivity index (χ1) is 25.0. The molecular formula is C48H33N3. The van der Waals surface area contributed by atoms with Crippen molar-refractivity contribution in [2.75, 3.05) is 0 Å². The molecule has 3 nitrogen and oxygen atoms in total. The van der Waals surface area contributed by atoms with Crippen LogP contribution in [0.1, 0.15) is 30.5 Å². The van der Waals surface area contributed by atoms with Gasteiger partial charge in [-0.1, -0.05) is 153 Å². The maximum atomic E-state index is 9.56. The number of rotatable bonds is 5. The van der Waals surface area contributed by atoms with Crippen LogP contribution in [0.4, 0.5) is 0 Å². The molecule has 0 N–H and O–H groups in total. The van der Waals surface area contributed by atoms with E-state index in [1.165, 1.54) is 44.2 Å². The third-order valence-electron chi connectivity index (χ3n) is 10.3. The molecule has 1 aromatic heterocycles. The molecule has 0 bridgehead atoms. The average Bonchev–Trinajstić information content (AvgIpc) is 3.43. The highest BCUT2D eigenvalue weighted by atomic mass is 14.9. The number of nitrogens with zero attached hydrogens (tertiary/aromatic N) is 3. The van der Waals surface area contributed by atoms with Crippen molar-refractivity contribution in [2.24, 2.45) is 0 Å². The van der Waals surface area contributed by atoms with Gasteiger partial charge in [-0.25, -0.2) is 9.97 Å². The Labute approximate surface area is 298 Å². The van der Waals surface area contributed by atoms with Gasteiger partial charge in [0.15, 0.2) is 5.82 Å². The van der Waals surface area contributed by atoms with Gasteiger partial charge in [0.2, 0.25) is 0 Å². The normalized spacial score (nSPS) is 12.6. The van der Waals surface area contributed by atoms with Gasteiger partial charge in [0.1, 0.15) is 0 Å². The molecule has 3 heteroatoms. The second-order valence-electron chi connectivity index (χ2n) is 13.8. The van der Waals surface area contributed by atoms with E-state index in [1.54, 1.807) is 0 Å². The maximum absolute atomic E-state index is 9.56. The van der Waals surface area contributed by atoms with Gasteiger partial charge in [-0.3, -0.25) is 0 Å². The van der Waals surface area contributed by atoms with Crippen LogP contribution in [0.3, 0.4) is 0 Å². The van der Waals surface area contributed by atoms with Crippen LogP contribution >= 0.6 is 0 Å². The lowest BCUT2D eigenvalue weighted by molar-refractivity contribution is 0.660. The van der Waals surface area contributed by atoms with E-state index in [-0.39, 0.29) is 5.41 Å². The number of fused-ring (bicyclic) bond motifs is 4. The first-order valence-electron chi connectivity index (χ1n) is 17.3. The van der Waals surface area contributed by atoms with Gasteiger partial charge in [-0.2, -0.15) is 5.26 Å². The Morgan fingerprint density at radius 2 is 1.08 bits per heavy atom. The lowest BCUT2D eigenvalue weighted by Crippen LogP contribution is -2.15. The Morgan fingerprint density at radius 3 is 1.80 bits per heavy atom. The van der Waals surface area contributed by atoms with E-state index in [2.05, 4.69) is 159 Å². The Bertz CT molecular complexity index is 2650. The fourth-order valence-corrected chi connectivity index (χ4v) is 7.58. The minimum absolute atomic E-state index is 0.171. The molecular weight excluding hydrogens is 619 g/mol. The van der Waals surface area contributed by atoms with Gasteiger partial charge in [0, 0.05) is 22.1 Å². The number of benzene rings is 7. The van der Waals surface area contributed by atoms with E-state index >= 15 is 0 Å². The fraction of sp³-hybridized carbons (Fsp3) is 0.0625. The summed E-state index contributed by atoms with van der Waals surface area (Å²) in [4.78, 5) is 10.1. The first-order valence-corrected chi connectivity index (χ1v) is 17.3. The van der Waals surface area contributed by atoms with E-state index in [0.717, 1.165) is 39.2 Å². The quantitative estimate of drug-likeness (QED) is 0.186. The predicted molar refractivity (Wildman–Crippen MR) is 209 cm³/mol. The van der Waals surface area contributed by atoms with Crippen LogP contribution in [0.15, 0.2) is 164 Å². The molecule has 1 aliphatic carbocycles. The van der Waals surface area contributed by atoms with Crippen molar-refractivity contribution in [1.82, 2.24) is 9.97 Å². The topological polar surface area (TPSA) is 49.6 Å². The molecule has 0 atom stereocenters.